The lowest BCUT2D eigenvalue weighted by atomic mass is 9.75. The molecular formula is C13H26N2. The predicted molar refractivity (Wildman–Crippen MR) is 64.8 cm³/mol. The van der Waals surface area contributed by atoms with Crippen LogP contribution in [0.4, 0.5) is 0 Å². The van der Waals surface area contributed by atoms with Crippen molar-refractivity contribution in [2.45, 2.75) is 44.9 Å². The molecule has 1 unspecified atom stereocenters. The molecule has 0 aromatic rings. The molecule has 2 aliphatic rings. The maximum atomic E-state index is 5.91. The molecule has 88 valence electrons. The van der Waals surface area contributed by atoms with E-state index in [1.54, 1.807) is 0 Å². The third-order valence-corrected chi connectivity index (χ3v) is 4.31. The minimum Gasteiger partial charge on any atom is -0.330 e. The molecule has 0 spiro atoms. The molecule has 2 heteroatoms. The fraction of sp³-hybridized carbons (Fsp3) is 1.00. The van der Waals surface area contributed by atoms with Gasteiger partial charge in [0.2, 0.25) is 0 Å². The molecule has 2 nitrogen and oxygen atoms in total. The highest BCUT2D eigenvalue weighted by Gasteiger charge is 2.27. The zero-order valence-electron chi connectivity index (χ0n) is 9.96. The summed E-state index contributed by atoms with van der Waals surface area (Å²) in [6, 6.07) is 0. The fourth-order valence-corrected chi connectivity index (χ4v) is 2.98. The zero-order chi connectivity index (χ0) is 10.5. The van der Waals surface area contributed by atoms with Crippen molar-refractivity contribution in [2.75, 3.05) is 26.2 Å². The molecule has 1 heterocycles. The Kier molecular flexibility index (Phi) is 4.45. The van der Waals surface area contributed by atoms with Crippen molar-refractivity contribution in [3.05, 3.63) is 0 Å². The molecule has 2 rings (SSSR count). The minimum absolute atomic E-state index is 0.789. The van der Waals surface area contributed by atoms with E-state index >= 15 is 0 Å². The summed E-state index contributed by atoms with van der Waals surface area (Å²) in [4.78, 5) is 2.67. The SMILES string of the molecule is NCC(CN1CCCCCC1)C1CCC1. The number of nitrogens with zero attached hydrogens (tertiary/aromatic N) is 1. The lowest BCUT2D eigenvalue weighted by Gasteiger charge is -2.36. The van der Waals surface area contributed by atoms with Crippen LogP contribution in [0, 0.1) is 11.8 Å². The van der Waals surface area contributed by atoms with Crippen LogP contribution in [0.3, 0.4) is 0 Å². The van der Waals surface area contributed by atoms with Crippen LogP contribution < -0.4 is 5.73 Å². The number of likely N-dealkylation sites (tertiary alicyclic amines) is 1. The van der Waals surface area contributed by atoms with Gasteiger partial charge in [-0.2, -0.15) is 0 Å². The van der Waals surface area contributed by atoms with Crippen LogP contribution >= 0.6 is 0 Å². The van der Waals surface area contributed by atoms with E-state index in [2.05, 4.69) is 4.90 Å². The van der Waals surface area contributed by atoms with Crippen LogP contribution in [0.5, 0.6) is 0 Å². The van der Waals surface area contributed by atoms with Gasteiger partial charge in [-0.15, -0.1) is 0 Å². The second kappa shape index (κ2) is 5.86. The maximum Gasteiger partial charge on any atom is 0.00244 e. The third-order valence-electron chi connectivity index (χ3n) is 4.31. The van der Waals surface area contributed by atoms with Crippen molar-refractivity contribution in [1.29, 1.82) is 0 Å². The van der Waals surface area contributed by atoms with Gasteiger partial charge in [0.05, 0.1) is 0 Å². The first-order valence-electron chi connectivity index (χ1n) is 6.82. The molecule has 0 aromatic carbocycles. The van der Waals surface area contributed by atoms with Crippen LogP contribution in [0.2, 0.25) is 0 Å². The maximum absolute atomic E-state index is 5.91. The van der Waals surface area contributed by atoms with Gasteiger partial charge >= 0.3 is 0 Å². The van der Waals surface area contributed by atoms with E-state index in [1.165, 1.54) is 64.6 Å². The lowest BCUT2D eigenvalue weighted by molar-refractivity contribution is 0.146. The van der Waals surface area contributed by atoms with E-state index in [-0.39, 0.29) is 0 Å². The van der Waals surface area contributed by atoms with Gasteiger partial charge in [0.1, 0.15) is 0 Å². The molecule has 15 heavy (non-hydrogen) atoms. The van der Waals surface area contributed by atoms with Gasteiger partial charge in [-0.3, -0.25) is 0 Å². The molecule has 0 bridgehead atoms. The number of hydrogen-bond donors (Lipinski definition) is 1. The van der Waals surface area contributed by atoms with Crippen molar-refractivity contribution in [1.82, 2.24) is 4.90 Å². The second-order valence-electron chi connectivity index (χ2n) is 5.40. The Balaban J connectivity index is 1.76. The van der Waals surface area contributed by atoms with Gasteiger partial charge in [-0.25, -0.2) is 0 Å². The van der Waals surface area contributed by atoms with Gasteiger partial charge in [0.15, 0.2) is 0 Å². The first-order chi connectivity index (χ1) is 7.40. The number of hydrogen-bond acceptors (Lipinski definition) is 2. The summed E-state index contributed by atoms with van der Waals surface area (Å²) >= 11 is 0. The molecule has 1 saturated heterocycles. The monoisotopic (exact) mass is 210 g/mol. The van der Waals surface area contributed by atoms with Crippen LogP contribution in [-0.2, 0) is 0 Å². The van der Waals surface area contributed by atoms with Gasteiger partial charge in [-0.1, -0.05) is 32.1 Å². The summed E-state index contributed by atoms with van der Waals surface area (Å²) in [6.07, 6.45) is 10.0. The van der Waals surface area contributed by atoms with Crippen molar-refractivity contribution < 1.29 is 0 Å². The van der Waals surface area contributed by atoms with E-state index in [0.29, 0.717) is 0 Å². The molecule has 2 N–H and O–H groups in total. The smallest absolute Gasteiger partial charge is 0.00244 e. The van der Waals surface area contributed by atoms with E-state index in [1.807, 2.05) is 0 Å². The highest BCUT2D eigenvalue weighted by atomic mass is 15.1. The van der Waals surface area contributed by atoms with Crippen molar-refractivity contribution in [3.8, 4) is 0 Å². The highest BCUT2D eigenvalue weighted by molar-refractivity contribution is 4.81. The summed E-state index contributed by atoms with van der Waals surface area (Å²) in [5.74, 6) is 1.75. The number of rotatable bonds is 4. The molecule has 1 aliphatic heterocycles. The third kappa shape index (κ3) is 3.18. The number of nitrogens with two attached hydrogens (primary N) is 1. The van der Waals surface area contributed by atoms with Crippen LogP contribution in [0.1, 0.15) is 44.9 Å². The normalized spacial score (nSPS) is 27.0. The molecule has 1 atom stereocenters. The molecular weight excluding hydrogens is 184 g/mol. The van der Waals surface area contributed by atoms with E-state index in [0.717, 1.165) is 18.4 Å². The predicted octanol–water partition coefficient (Wildman–Crippen LogP) is 2.24. The molecule has 1 saturated carbocycles. The Morgan fingerprint density at radius 1 is 1.00 bits per heavy atom. The topological polar surface area (TPSA) is 29.3 Å². The first-order valence-corrected chi connectivity index (χ1v) is 6.82. The van der Waals surface area contributed by atoms with E-state index in [4.69, 9.17) is 5.73 Å². The first kappa shape index (κ1) is 11.4. The van der Waals surface area contributed by atoms with Gasteiger partial charge in [0.25, 0.3) is 0 Å². The molecule has 0 radical (unpaired) electrons. The van der Waals surface area contributed by atoms with Crippen molar-refractivity contribution in [2.24, 2.45) is 17.6 Å². The van der Waals surface area contributed by atoms with Crippen LogP contribution in [0.25, 0.3) is 0 Å². The van der Waals surface area contributed by atoms with E-state index < -0.39 is 0 Å². The highest BCUT2D eigenvalue weighted by Crippen LogP contribution is 2.33. The van der Waals surface area contributed by atoms with Gasteiger partial charge < -0.3 is 10.6 Å². The standard InChI is InChI=1S/C13H26N2/c14-10-13(12-6-5-7-12)11-15-8-3-1-2-4-9-15/h12-13H,1-11,14H2. The molecule has 2 fully saturated rings. The largest absolute Gasteiger partial charge is 0.330 e. The Hall–Kier alpha value is -0.0800. The van der Waals surface area contributed by atoms with Crippen molar-refractivity contribution in [3.63, 3.8) is 0 Å². The summed E-state index contributed by atoms with van der Waals surface area (Å²) in [7, 11) is 0. The quantitative estimate of drug-likeness (QED) is 0.771. The van der Waals surface area contributed by atoms with Gasteiger partial charge in [0, 0.05) is 6.54 Å². The van der Waals surface area contributed by atoms with Crippen LogP contribution in [-0.4, -0.2) is 31.1 Å². The Labute approximate surface area is 94.2 Å². The van der Waals surface area contributed by atoms with E-state index in [9.17, 15) is 0 Å². The Bertz CT molecular complexity index is 169. The Morgan fingerprint density at radius 2 is 1.67 bits per heavy atom. The summed E-state index contributed by atoms with van der Waals surface area (Å²) in [6.45, 7) is 4.83. The summed E-state index contributed by atoms with van der Waals surface area (Å²) < 4.78 is 0. The van der Waals surface area contributed by atoms with Crippen molar-refractivity contribution >= 4 is 0 Å². The lowest BCUT2D eigenvalue weighted by Crippen LogP contribution is -2.39. The minimum atomic E-state index is 0.789. The zero-order valence-corrected chi connectivity index (χ0v) is 9.96. The molecule has 0 amide bonds. The average molecular weight is 210 g/mol. The Morgan fingerprint density at radius 3 is 2.13 bits per heavy atom. The summed E-state index contributed by atoms with van der Waals surface area (Å²) in [5.41, 5.74) is 5.91. The van der Waals surface area contributed by atoms with Gasteiger partial charge in [-0.05, 0) is 44.3 Å². The molecule has 1 aliphatic carbocycles. The second-order valence-corrected chi connectivity index (χ2v) is 5.40. The van der Waals surface area contributed by atoms with Crippen LogP contribution in [0.15, 0.2) is 0 Å². The fourth-order valence-electron chi connectivity index (χ4n) is 2.98. The average Bonchev–Trinajstić information content (AvgIpc) is 2.42. The summed E-state index contributed by atoms with van der Waals surface area (Å²) in [5, 5.41) is 0. The molecule has 0 aromatic heterocycles.